The van der Waals surface area contributed by atoms with Crippen LogP contribution in [-0.4, -0.2) is 27.7 Å². The topological polar surface area (TPSA) is 72.8 Å². The third kappa shape index (κ3) is 3.06. The SMILES string of the molecule is CC1(C)OC(=O)c2c(F)ccc(C(Br)C(Br)C(=O)O)c2O1. The molecule has 5 nitrogen and oxygen atoms in total. The van der Waals surface area contributed by atoms with Crippen LogP contribution < -0.4 is 4.74 Å². The van der Waals surface area contributed by atoms with E-state index in [2.05, 4.69) is 31.9 Å². The molecule has 1 aliphatic heterocycles. The Kier molecular flexibility index (Phi) is 4.30. The number of carbonyl (C=O) groups is 2. The van der Waals surface area contributed by atoms with E-state index in [-0.39, 0.29) is 11.3 Å². The molecule has 114 valence electrons. The summed E-state index contributed by atoms with van der Waals surface area (Å²) in [5.41, 5.74) is 0.0155. The minimum Gasteiger partial charge on any atom is -0.480 e. The molecule has 0 saturated carbocycles. The minimum atomic E-state index is -1.26. The van der Waals surface area contributed by atoms with Crippen molar-refractivity contribution >= 4 is 43.8 Å². The van der Waals surface area contributed by atoms with E-state index in [1.54, 1.807) is 0 Å². The van der Waals surface area contributed by atoms with Crippen LogP contribution in [0.1, 0.15) is 34.6 Å². The quantitative estimate of drug-likeness (QED) is 0.593. The van der Waals surface area contributed by atoms with E-state index in [0.29, 0.717) is 5.56 Å². The summed E-state index contributed by atoms with van der Waals surface area (Å²) in [6, 6.07) is 2.45. The van der Waals surface area contributed by atoms with Crippen molar-refractivity contribution in [3.05, 3.63) is 29.1 Å². The Hall–Kier alpha value is -1.15. The van der Waals surface area contributed by atoms with Crippen molar-refractivity contribution in [3.8, 4) is 5.75 Å². The van der Waals surface area contributed by atoms with Gasteiger partial charge in [-0.1, -0.05) is 37.9 Å². The van der Waals surface area contributed by atoms with Gasteiger partial charge in [0.1, 0.15) is 22.0 Å². The van der Waals surface area contributed by atoms with E-state index in [1.807, 2.05) is 0 Å². The lowest BCUT2D eigenvalue weighted by molar-refractivity contribution is -0.136. The molecular weight excluding hydrogens is 415 g/mol. The van der Waals surface area contributed by atoms with Crippen LogP contribution in [0.3, 0.4) is 0 Å². The monoisotopic (exact) mass is 424 g/mol. The molecule has 2 atom stereocenters. The van der Waals surface area contributed by atoms with Crippen molar-refractivity contribution in [3.63, 3.8) is 0 Å². The molecule has 0 aliphatic carbocycles. The number of esters is 1. The molecule has 1 aromatic carbocycles. The lowest BCUT2D eigenvalue weighted by Gasteiger charge is -2.33. The van der Waals surface area contributed by atoms with Gasteiger partial charge in [0.05, 0.1) is 4.83 Å². The van der Waals surface area contributed by atoms with Gasteiger partial charge >= 0.3 is 11.9 Å². The van der Waals surface area contributed by atoms with Crippen LogP contribution in [0.2, 0.25) is 0 Å². The summed E-state index contributed by atoms with van der Waals surface area (Å²) in [6.07, 6.45) is 0. The van der Waals surface area contributed by atoms with Crippen LogP contribution in [0.4, 0.5) is 4.39 Å². The summed E-state index contributed by atoms with van der Waals surface area (Å²) in [4.78, 5) is 21.3. The van der Waals surface area contributed by atoms with E-state index < -0.39 is 33.2 Å². The molecule has 0 fully saturated rings. The van der Waals surface area contributed by atoms with Gasteiger partial charge in [0.25, 0.3) is 0 Å². The molecule has 0 radical (unpaired) electrons. The van der Waals surface area contributed by atoms with Crippen LogP contribution in [-0.2, 0) is 9.53 Å². The molecule has 21 heavy (non-hydrogen) atoms. The maximum atomic E-state index is 13.9. The van der Waals surface area contributed by atoms with Crippen LogP contribution in [0, 0.1) is 5.82 Å². The largest absolute Gasteiger partial charge is 0.480 e. The minimum absolute atomic E-state index is 0.0103. The number of cyclic esters (lactones) is 1. The van der Waals surface area contributed by atoms with Crippen molar-refractivity contribution in [2.45, 2.75) is 29.3 Å². The van der Waals surface area contributed by atoms with Gasteiger partial charge in [-0.15, -0.1) is 0 Å². The lowest BCUT2D eigenvalue weighted by Crippen LogP contribution is -2.40. The maximum absolute atomic E-state index is 13.9. The zero-order valence-corrected chi connectivity index (χ0v) is 14.2. The molecule has 1 aromatic rings. The number of carbonyl (C=O) groups excluding carboxylic acids is 1. The van der Waals surface area contributed by atoms with E-state index in [0.717, 1.165) is 6.07 Å². The molecule has 0 bridgehead atoms. The Bertz CT molecular complexity index is 617. The van der Waals surface area contributed by atoms with Gasteiger partial charge < -0.3 is 14.6 Å². The molecule has 2 unspecified atom stereocenters. The van der Waals surface area contributed by atoms with Crippen molar-refractivity contribution < 1.29 is 28.6 Å². The summed E-state index contributed by atoms with van der Waals surface area (Å²) in [7, 11) is 0. The van der Waals surface area contributed by atoms with Crippen LogP contribution >= 0.6 is 31.9 Å². The summed E-state index contributed by atoms with van der Waals surface area (Å²) < 4.78 is 24.4. The highest BCUT2D eigenvalue weighted by Gasteiger charge is 2.39. The number of ether oxygens (including phenoxy) is 2. The fourth-order valence-corrected chi connectivity index (χ4v) is 2.79. The number of fused-ring (bicyclic) bond motifs is 1. The zero-order valence-electron chi connectivity index (χ0n) is 11.0. The zero-order chi connectivity index (χ0) is 15.9. The van der Waals surface area contributed by atoms with Gasteiger partial charge in [0.2, 0.25) is 5.79 Å². The Morgan fingerprint density at radius 2 is 1.95 bits per heavy atom. The molecule has 1 N–H and O–H groups in total. The number of hydrogen-bond acceptors (Lipinski definition) is 4. The van der Waals surface area contributed by atoms with Crippen LogP contribution in [0.25, 0.3) is 0 Å². The summed E-state index contributed by atoms with van der Waals surface area (Å²) in [5, 5.41) is 9.04. The molecule has 1 aliphatic rings. The molecule has 0 saturated heterocycles. The van der Waals surface area contributed by atoms with Crippen molar-refractivity contribution in [2.24, 2.45) is 0 Å². The van der Waals surface area contributed by atoms with Gasteiger partial charge in [0.15, 0.2) is 0 Å². The average Bonchev–Trinajstić information content (AvgIpc) is 2.35. The Morgan fingerprint density at radius 1 is 1.33 bits per heavy atom. The van der Waals surface area contributed by atoms with Crippen molar-refractivity contribution in [2.75, 3.05) is 0 Å². The first-order valence-corrected chi connectivity index (χ1v) is 7.73. The van der Waals surface area contributed by atoms with E-state index in [9.17, 15) is 14.0 Å². The first-order chi connectivity index (χ1) is 9.64. The Labute approximate surface area is 136 Å². The number of rotatable bonds is 3. The number of hydrogen-bond donors (Lipinski definition) is 1. The smallest absolute Gasteiger partial charge is 0.348 e. The van der Waals surface area contributed by atoms with Crippen LogP contribution in [0.15, 0.2) is 12.1 Å². The van der Waals surface area contributed by atoms with Gasteiger partial charge in [-0.25, -0.2) is 9.18 Å². The third-order valence-electron chi connectivity index (χ3n) is 2.82. The fourth-order valence-electron chi connectivity index (χ4n) is 1.92. The standard InChI is InChI=1S/C13H11Br2FO5/c1-13(2)20-10-5(8(14)9(15)11(17)18)3-4-6(16)7(10)12(19)21-13/h3-4,8-9H,1-2H3,(H,17,18). The molecule has 0 aromatic heterocycles. The van der Waals surface area contributed by atoms with E-state index in [4.69, 9.17) is 14.6 Å². The third-order valence-corrected chi connectivity index (χ3v) is 5.47. The Morgan fingerprint density at radius 3 is 2.52 bits per heavy atom. The van der Waals surface area contributed by atoms with Crippen molar-refractivity contribution in [1.82, 2.24) is 0 Å². The second-order valence-electron chi connectivity index (χ2n) is 4.87. The predicted molar refractivity (Wildman–Crippen MR) is 78.5 cm³/mol. The average molecular weight is 426 g/mol. The fraction of sp³-hybridized carbons (Fsp3) is 0.385. The first-order valence-electron chi connectivity index (χ1n) is 5.90. The highest BCUT2D eigenvalue weighted by atomic mass is 79.9. The number of aliphatic carboxylic acids is 1. The molecule has 8 heteroatoms. The highest BCUT2D eigenvalue weighted by molar-refractivity contribution is 9.12. The maximum Gasteiger partial charge on any atom is 0.348 e. The molecule has 0 spiro atoms. The van der Waals surface area contributed by atoms with Gasteiger partial charge in [-0.2, -0.15) is 0 Å². The van der Waals surface area contributed by atoms with E-state index >= 15 is 0 Å². The molecule has 1 heterocycles. The van der Waals surface area contributed by atoms with Gasteiger partial charge in [-0.05, 0) is 6.07 Å². The molecule has 0 amide bonds. The van der Waals surface area contributed by atoms with E-state index in [1.165, 1.54) is 19.9 Å². The number of carboxylic acid groups (broad SMARTS) is 1. The first kappa shape index (κ1) is 16.2. The molecule has 2 rings (SSSR count). The van der Waals surface area contributed by atoms with Crippen LogP contribution in [0.5, 0.6) is 5.75 Å². The predicted octanol–water partition coefficient (Wildman–Crippen LogP) is 3.40. The lowest BCUT2D eigenvalue weighted by atomic mass is 10.0. The number of halogens is 3. The Balaban J connectivity index is 2.58. The number of alkyl halides is 2. The van der Waals surface area contributed by atoms with Crippen molar-refractivity contribution in [1.29, 1.82) is 0 Å². The van der Waals surface area contributed by atoms with Gasteiger partial charge in [-0.3, -0.25) is 4.79 Å². The summed E-state index contributed by atoms with van der Waals surface area (Å²) in [6.45, 7) is 3.02. The number of benzene rings is 1. The second-order valence-corrected chi connectivity index (χ2v) is 6.85. The number of carboxylic acids is 1. The highest BCUT2D eigenvalue weighted by Crippen LogP contribution is 2.43. The second kappa shape index (κ2) is 5.57. The summed E-state index contributed by atoms with van der Waals surface area (Å²) >= 11 is 6.25. The van der Waals surface area contributed by atoms with Gasteiger partial charge in [0, 0.05) is 19.4 Å². The summed E-state index contributed by atoms with van der Waals surface area (Å²) in [5.74, 6) is -4.00. The normalized spacial score (nSPS) is 19.0. The molecular formula is C13H11Br2FO5.